The van der Waals surface area contributed by atoms with Crippen LogP contribution in [0, 0.1) is 29.6 Å². The molecule has 3 rings (SSSR count). The average Bonchev–Trinajstić information content (AvgIpc) is 3.16. The summed E-state index contributed by atoms with van der Waals surface area (Å²) in [6.45, 7) is 7.85. The van der Waals surface area contributed by atoms with Gasteiger partial charge in [0, 0.05) is 24.9 Å². The van der Waals surface area contributed by atoms with Gasteiger partial charge in [-0.1, -0.05) is 32.4 Å². The Morgan fingerprint density at radius 2 is 1.74 bits per heavy atom. The van der Waals surface area contributed by atoms with Crippen LogP contribution in [-0.4, -0.2) is 42.8 Å². The highest BCUT2D eigenvalue weighted by molar-refractivity contribution is 5.91. The summed E-state index contributed by atoms with van der Waals surface area (Å²) < 4.78 is 0. The highest BCUT2D eigenvalue weighted by Gasteiger charge is 2.51. The summed E-state index contributed by atoms with van der Waals surface area (Å²) in [6.07, 6.45) is 9.18. The third-order valence-corrected chi connectivity index (χ3v) is 5.84. The van der Waals surface area contributed by atoms with E-state index < -0.39 is 0 Å². The van der Waals surface area contributed by atoms with Crippen LogP contribution < -0.4 is 5.32 Å². The van der Waals surface area contributed by atoms with E-state index in [0.29, 0.717) is 6.54 Å². The monoisotopic (exact) mass is 318 g/mol. The Labute approximate surface area is 139 Å². The number of nitrogens with one attached hydrogen (secondary N) is 1. The molecule has 0 aromatic carbocycles. The van der Waals surface area contributed by atoms with Gasteiger partial charge >= 0.3 is 0 Å². The molecule has 4 heteroatoms. The molecule has 1 amide bonds. The number of likely N-dealkylation sites (tertiary alicyclic amines) is 1. The third-order valence-electron chi connectivity index (χ3n) is 5.84. The van der Waals surface area contributed by atoms with Crippen LogP contribution in [-0.2, 0) is 9.59 Å². The van der Waals surface area contributed by atoms with Crippen molar-refractivity contribution in [2.45, 2.75) is 39.5 Å². The van der Waals surface area contributed by atoms with Gasteiger partial charge in [-0.2, -0.15) is 0 Å². The van der Waals surface area contributed by atoms with Crippen LogP contribution in [0.4, 0.5) is 0 Å². The molecule has 0 aromatic rings. The molecule has 4 atom stereocenters. The second kappa shape index (κ2) is 7.16. The van der Waals surface area contributed by atoms with E-state index in [0.717, 1.165) is 26.1 Å². The molecule has 4 unspecified atom stereocenters. The summed E-state index contributed by atoms with van der Waals surface area (Å²) in [5.41, 5.74) is 0. The van der Waals surface area contributed by atoms with E-state index in [4.69, 9.17) is 0 Å². The maximum Gasteiger partial charge on any atom is 0.224 e. The Morgan fingerprint density at radius 3 is 2.39 bits per heavy atom. The number of Topliss-reactive ketones (excluding diaryl/α,β-unsaturated/α-hetero) is 1. The van der Waals surface area contributed by atoms with Crippen molar-refractivity contribution < 1.29 is 9.59 Å². The molecule has 23 heavy (non-hydrogen) atoms. The predicted molar refractivity (Wildman–Crippen MR) is 90.9 cm³/mol. The summed E-state index contributed by atoms with van der Waals surface area (Å²) in [7, 11) is 0. The molecule has 2 bridgehead atoms. The minimum atomic E-state index is -0.138. The minimum Gasteiger partial charge on any atom is -0.355 e. The first-order valence-electron chi connectivity index (χ1n) is 9.30. The van der Waals surface area contributed by atoms with Crippen molar-refractivity contribution in [3.05, 3.63) is 12.2 Å². The molecule has 1 saturated carbocycles. The van der Waals surface area contributed by atoms with Crippen molar-refractivity contribution in [3.63, 3.8) is 0 Å². The SMILES string of the molecule is CC(C)C(=O)C1C2C=CC(C2)C1C(=O)NCCN1CCCCC1. The van der Waals surface area contributed by atoms with Crippen molar-refractivity contribution in [1.29, 1.82) is 0 Å². The third kappa shape index (κ3) is 3.52. The molecule has 128 valence electrons. The summed E-state index contributed by atoms with van der Waals surface area (Å²) in [4.78, 5) is 27.7. The standard InChI is InChI=1S/C19H30N2O2/c1-13(2)18(22)16-14-6-7-15(12-14)17(16)19(23)20-8-11-21-9-4-3-5-10-21/h6-7,13-17H,3-5,8-12H2,1-2H3,(H,20,23). The number of rotatable bonds is 6. The number of hydrogen-bond acceptors (Lipinski definition) is 3. The van der Waals surface area contributed by atoms with Crippen molar-refractivity contribution >= 4 is 11.7 Å². The van der Waals surface area contributed by atoms with Crippen LogP contribution in [0.3, 0.4) is 0 Å². The molecule has 1 heterocycles. The highest BCUT2D eigenvalue weighted by Crippen LogP contribution is 2.49. The number of hydrogen-bond donors (Lipinski definition) is 1. The summed E-state index contributed by atoms with van der Waals surface area (Å²) >= 11 is 0. The molecule has 0 spiro atoms. The van der Waals surface area contributed by atoms with E-state index in [1.807, 2.05) is 13.8 Å². The molecule has 0 radical (unpaired) electrons. The van der Waals surface area contributed by atoms with Gasteiger partial charge in [-0.15, -0.1) is 0 Å². The summed E-state index contributed by atoms with van der Waals surface area (Å²) in [5, 5.41) is 3.11. The Bertz CT molecular complexity index is 480. The number of nitrogens with zero attached hydrogens (tertiary/aromatic N) is 1. The molecule has 1 N–H and O–H groups in total. The first kappa shape index (κ1) is 16.7. The Kier molecular flexibility index (Phi) is 5.20. The minimum absolute atomic E-state index is 0.0106. The fraction of sp³-hybridized carbons (Fsp3) is 0.789. The fourth-order valence-corrected chi connectivity index (χ4v) is 4.59. The van der Waals surface area contributed by atoms with Gasteiger partial charge in [-0.3, -0.25) is 9.59 Å². The Balaban J connectivity index is 1.55. The quantitative estimate of drug-likeness (QED) is 0.764. The van der Waals surface area contributed by atoms with E-state index in [-0.39, 0.29) is 41.3 Å². The lowest BCUT2D eigenvalue weighted by atomic mass is 9.77. The van der Waals surface area contributed by atoms with Gasteiger partial charge in [-0.25, -0.2) is 0 Å². The molecule has 2 aliphatic carbocycles. The van der Waals surface area contributed by atoms with Gasteiger partial charge in [0.15, 0.2) is 0 Å². The molecular weight excluding hydrogens is 288 g/mol. The zero-order valence-corrected chi connectivity index (χ0v) is 14.5. The molecule has 1 aliphatic heterocycles. The molecule has 2 fully saturated rings. The van der Waals surface area contributed by atoms with Crippen LogP contribution in [0.1, 0.15) is 39.5 Å². The lowest BCUT2D eigenvalue weighted by Crippen LogP contribution is -2.44. The van der Waals surface area contributed by atoms with Crippen LogP contribution in [0.2, 0.25) is 0 Å². The van der Waals surface area contributed by atoms with Crippen LogP contribution in [0.25, 0.3) is 0 Å². The van der Waals surface area contributed by atoms with E-state index in [9.17, 15) is 9.59 Å². The van der Waals surface area contributed by atoms with E-state index >= 15 is 0 Å². The smallest absolute Gasteiger partial charge is 0.224 e. The number of amides is 1. The van der Waals surface area contributed by atoms with Gasteiger partial charge in [0.1, 0.15) is 5.78 Å². The van der Waals surface area contributed by atoms with Crippen LogP contribution in [0.5, 0.6) is 0 Å². The zero-order valence-electron chi connectivity index (χ0n) is 14.5. The first-order valence-corrected chi connectivity index (χ1v) is 9.30. The molecule has 3 aliphatic rings. The second-order valence-electron chi connectivity index (χ2n) is 7.75. The maximum atomic E-state index is 12.7. The van der Waals surface area contributed by atoms with E-state index in [1.54, 1.807) is 0 Å². The molecule has 4 nitrogen and oxygen atoms in total. The number of fused-ring (bicyclic) bond motifs is 2. The molecular formula is C19H30N2O2. The van der Waals surface area contributed by atoms with Gasteiger partial charge in [-0.05, 0) is 44.2 Å². The lowest BCUT2D eigenvalue weighted by Gasteiger charge is -2.29. The Hall–Kier alpha value is -1.16. The fourth-order valence-electron chi connectivity index (χ4n) is 4.59. The molecule has 1 saturated heterocycles. The van der Waals surface area contributed by atoms with Gasteiger partial charge in [0.2, 0.25) is 5.91 Å². The second-order valence-corrected chi connectivity index (χ2v) is 7.75. The van der Waals surface area contributed by atoms with E-state index in [1.165, 1.54) is 19.3 Å². The first-order chi connectivity index (χ1) is 11.1. The number of piperidine rings is 1. The maximum absolute atomic E-state index is 12.7. The van der Waals surface area contributed by atoms with Gasteiger partial charge in [0.05, 0.1) is 5.92 Å². The Morgan fingerprint density at radius 1 is 1.09 bits per heavy atom. The van der Waals surface area contributed by atoms with Crippen molar-refractivity contribution in [2.24, 2.45) is 29.6 Å². The van der Waals surface area contributed by atoms with Crippen LogP contribution >= 0.6 is 0 Å². The van der Waals surface area contributed by atoms with Crippen molar-refractivity contribution in [2.75, 3.05) is 26.2 Å². The summed E-state index contributed by atoms with van der Waals surface area (Å²) in [5.74, 6) is 0.684. The average molecular weight is 318 g/mol. The van der Waals surface area contributed by atoms with Crippen molar-refractivity contribution in [1.82, 2.24) is 10.2 Å². The largest absolute Gasteiger partial charge is 0.355 e. The predicted octanol–water partition coefficient (Wildman–Crippen LogP) is 2.25. The number of allylic oxidation sites excluding steroid dienone is 2. The zero-order chi connectivity index (χ0) is 16.4. The number of ketones is 1. The molecule has 0 aromatic heterocycles. The normalized spacial score (nSPS) is 33.3. The van der Waals surface area contributed by atoms with Gasteiger partial charge in [0.25, 0.3) is 0 Å². The number of carbonyl (C=O) groups is 2. The lowest BCUT2D eigenvalue weighted by molar-refractivity contribution is -0.135. The summed E-state index contributed by atoms with van der Waals surface area (Å²) in [6, 6.07) is 0. The topological polar surface area (TPSA) is 49.4 Å². The number of carbonyl (C=O) groups excluding carboxylic acids is 2. The van der Waals surface area contributed by atoms with Gasteiger partial charge < -0.3 is 10.2 Å². The highest BCUT2D eigenvalue weighted by atomic mass is 16.2. The van der Waals surface area contributed by atoms with Crippen LogP contribution in [0.15, 0.2) is 12.2 Å². The van der Waals surface area contributed by atoms with Crippen molar-refractivity contribution in [3.8, 4) is 0 Å². The van der Waals surface area contributed by atoms with E-state index in [2.05, 4.69) is 22.4 Å².